The minimum absolute atomic E-state index is 0.00884. The van der Waals surface area contributed by atoms with E-state index in [1.807, 2.05) is 12.3 Å². The molecule has 4 aliphatic carbocycles. The highest BCUT2D eigenvalue weighted by Crippen LogP contribution is 2.65. The van der Waals surface area contributed by atoms with Crippen molar-refractivity contribution in [3.63, 3.8) is 0 Å². The number of hydrogen-bond acceptors (Lipinski definition) is 3. The number of aliphatic hydroxyl groups excluding tert-OH is 2. The zero-order chi connectivity index (χ0) is 19.5. The molecule has 3 fully saturated rings. The van der Waals surface area contributed by atoms with Gasteiger partial charge in [-0.05, 0) is 85.3 Å². The normalized spacial score (nSPS) is 46.5. The second-order valence-corrected chi connectivity index (χ2v) is 10.3. The van der Waals surface area contributed by atoms with Gasteiger partial charge in [0.2, 0.25) is 0 Å². The van der Waals surface area contributed by atoms with Crippen molar-refractivity contribution in [2.24, 2.45) is 28.6 Å². The van der Waals surface area contributed by atoms with Crippen LogP contribution in [0.1, 0.15) is 64.4 Å². The topological polar surface area (TPSA) is 53.4 Å². The number of hydrogen-bond donors (Lipinski definition) is 2. The van der Waals surface area contributed by atoms with E-state index in [0.29, 0.717) is 17.8 Å². The lowest BCUT2D eigenvalue weighted by Gasteiger charge is -2.57. The molecular weight excluding hydrogens is 346 g/mol. The van der Waals surface area contributed by atoms with Gasteiger partial charge >= 0.3 is 0 Å². The molecule has 0 bridgehead atoms. The average molecular weight is 380 g/mol. The van der Waals surface area contributed by atoms with E-state index in [1.54, 1.807) is 6.20 Å². The quantitative estimate of drug-likeness (QED) is 0.692. The highest BCUT2D eigenvalue weighted by molar-refractivity contribution is 5.54. The number of aliphatic hydroxyl groups is 2. The van der Waals surface area contributed by atoms with Gasteiger partial charge in [0, 0.05) is 17.8 Å². The minimum atomic E-state index is -0.343. The van der Waals surface area contributed by atoms with Crippen LogP contribution in [0.2, 0.25) is 0 Å². The van der Waals surface area contributed by atoms with Crippen LogP contribution in [0.3, 0.4) is 0 Å². The zero-order valence-corrected chi connectivity index (χ0v) is 17.1. The molecule has 1 aromatic heterocycles. The third kappa shape index (κ3) is 2.66. The predicted octanol–water partition coefficient (Wildman–Crippen LogP) is 4.76. The van der Waals surface area contributed by atoms with Crippen LogP contribution in [-0.2, 0) is 0 Å². The maximum Gasteiger partial charge on any atom is 0.0809 e. The standard InChI is InChI=1S/C25H33NO2/c1-24-9-7-19(27)14-18(24)5-6-20-21(24)8-10-25(2)22(20)13-17(23(25)28)12-16-4-3-11-26-15-16/h3-5,11-12,15,19-23,27-28H,6-10,13-14H2,1-2H3/b17-12+/t19-,20+,21-,22-,23-,24-,25-/m0/s1. The fraction of sp³-hybridized carbons (Fsp3) is 0.640. The summed E-state index contributed by atoms with van der Waals surface area (Å²) in [6.45, 7) is 4.79. The Kier molecular flexibility index (Phi) is 4.33. The number of fused-ring (bicyclic) bond motifs is 5. The molecule has 0 radical (unpaired) electrons. The molecule has 0 saturated heterocycles. The van der Waals surface area contributed by atoms with Crippen molar-refractivity contribution < 1.29 is 10.2 Å². The number of aromatic nitrogens is 1. The lowest BCUT2D eigenvalue weighted by Crippen LogP contribution is -2.51. The zero-order valence-electron chi connectivity index (χ0n) is 17.1. The largest absolute Gasteiger partial charge is 0.393 e. The van der Waals surface area contributed by atoms with E-state index < -0.39 is 0 Å². The first kappa shape index (κ1) is 18.6. The van der Waals surface area contributed by atoms with Crippen molar-refractivity contribution >= 4 is 6.08 Å². The Hall–Kier alpha value is -1.45. The van der Waals surface area contributed by atoms with Gasteiger partial charge < -0.3 is 10.2 Å². The van der Waals surface area contributed by atoms with Gasteiger partial charge in [0.25, 0.3) is 0 Å². The van der Waals surface area contributed by atoms with Crippen molar-refractivity contribution in [3.05, 3.63) is 47.3 Å². The molecule has 5 rings (SSSR count). The van der Waals surface area contributed by atoms with Crippen LogP contribution in [0.5, 0.6) is 0 Å². The molecule has 0 spiro atoms. The van der Waals surface area contributed by atoms with E-state index in [0.717, 1.165) is 44.1 Å². The van der Waals surface area contributed by atoms with Gasteiger partial charge in [0.1, 0.15) is 0 Å². The van der Waals surface area contributed by atoms with Gasteiger partial charge in [-0.3, -0.25) is 4.98 Å². The summed E-state index contributed by atoms with van der Waals surface area (Å²) in [5.74, 6) is 1.89. The molecule has 4 aliphatic rings. The van der Waals surface area contributed by atoms with E-state index in [4.69, 9.17) is 0 Å². The minimum Gasteiger partial charge on any atom is -0.393 e. The van der Waals surface area contributed by atoms with Gasteiger partial charge in [-0.15, -0.1) is 0 Å². The molecule has 3 heteroatoms. The summed E-state index contributed by atoms with van der Waals surface area (Å²) in [4.78, 5) is 4.23. The summed E-state index contributed by atoms with van der Waals surface area (Å²) < 4.78 is 0. The Morgan fingerprint density at radius 1 is 1.11 bits per heavy atom. The summed E-state index contributed by atoms with van der Waals surface area (Å²) in [6, 6.07) is 4.04. The molecule has 2 N–H and O–H groups in total. The van der Waals surface area contributed by atoms with Crippen molar-refractivity contribution in [1.29, 1.82) is 0 Å². The fourth-order valence-corrected chi connectivity index (χ4v) is 7.32. The molecule has 1 heterocycles. The van der Waals surface area contributed by atoms with Gasteiger partial charge in [-0.1, -0.05) is 37.6 Å². The van der Waals surface area contributed by atoms with Gasteiger partial charge in [0.15, 0.2) is 0 Å². The first-order chi connectivity index (χ1) is 13.4. The third-order valence-corrected chi connectivity index (χ3v) is 8.98. The van der Waals surface area contributed by atoms with Crippen LogP contribution < -0.4 is 0 Å². The summed E-state index contributed by atoms with van der Waals surface area (Å²) in [5.41, 5.74) is 4.05. The average Bonchev–Trinajstić information content (AvgIpc) is 2.94. The molecule has 3 saturated carbocycles. The van der Waals surface area contributed by atoms with Crippen LogP contribution >= 0.6 is 0 Å². The Labute approximate surface area is 168 Å². The first-order valence-corrected chi connectivity index (χ1v) is 11.1. The number of rotatable bonds is 1. The van der Waals surface area contributed by atoms with Crippen molar-refractivity contribution in [3.8, 4) is 0 Å². The summed E-state index contributed by atoms with van der Waals surface area (Å²) in [7, 11) is 0. The van der Waals surface area contributed by atoms with Gasteiger partial charge in [0.05, 0.1) is 12.2 Å². The molecule has 0 unspecified atom stereocenters. The first-order valence-electron chi connectivity index (χ1n) is 11.1. The monoisotopic (exact) mass is 379 g/mol. The van der Waals surface area contributed by atoms with Crippen molar-refractivity contribution in [2.75, 3.05) is 0 Å². The van der Waals surface area contributed by atoms with Crippen LogP contribution in [0.4, 0.5) is 0 Å². The summed E-state index contributed by atoms with van der Waals surface area (Å²) in [6.07, 6.45) is 15.2. The molecule has 1 aromatic rings. The van der Waals surface area contributed by atoms with Crippen molar-refractivity contribution in [2.45, 2.75) is 71.0 Å². The van der Waals surface area contributed by atoms with E-state index in [2.05, 4.69) is 37.0 Å². The molecule has 3 nitrogen and oxygen atoms in total. The smallest absolute Gasteiger partial charge is 0.0809 e. The number of nitrogens with zero attached hydrogens (tertiary/aromatic N) is 1. The molecular formula is C25H33NO2. The molecule has 28 heavy (non-hydrogen) atoms. The molecule has 0 amide bonds. The van der Waals surface area contributed by atoms with Crippen LogP contribution in [0.15, 0.2) is 41.7 Å². The van der Waals surface area contributed by atoms with Gasteiger partial charge in [-0.2, -0.15) is 0 Å². The van der Waals surface area contributed by atoms with E-state index in [9.17, 15) is 10.2 Å². The Morgan fingerprint density at radius 2 is 1.96 bits per heavy atom. The number of pyridine rings is 1. The predicted molar refractivity (Wildman–Crippen MR) is 111 cm³/mol. The van der Waals surface area contributed by atoms with Crippen LogP contribution in [0.25, 0.3) is 6.08 Å². The van der Waals surface area contributed by atoms with Crippen molar-refractivity contribution in [1.82, 2.24) is 4.98 Å². The number of allylic oxidation sites excluding steroid dienone is 1. The Morgan fingerprint density at radius 3 is 2.75 bits per heavy atom. The maximum absolute atomic E-state index is 11.3. The van der Waals surface area contributed by atoms with Crippen LogP contribution in [-0.4, -0.2) is 27.4 Å². The summed E-state index contributed by atoms with van der Waals surface area (Å²) in [5, 5.41) is 21.5. The van der Waals surface area contributed by atoms with E-state index in [-0.39, 0.29) is 23.0 Å². The molecule has 0 aliphatic heterocycles. The maximum atomic E-state index is 11.3. The summed E-state index contributed by atoms with van der Waals surface area (Å²) >= 11 is 0. The van der Waals surface area contributed by atoms with E-state index in [1.165, 1.54) is 17.6 Å². The lowest BCUT2D eigenvalue weighted by molar-refractivity contribution is -0.0685. The third-order valence-electron chi connectivity index (χ3n) is 8.98. The molecule has 0 aromatic carbocycles. The molecule has 7 atom stereocenters. The highest BCUT2D eigenvalue weighted by atomic mass is 16.3. The van der Waals surface area contributed by atoms with Gasteiger partial charge in [-0.25, -0.2) is 0 Å². The Bertz CT molecular complexity index is 815. The fourth-order valence-electron chi connectivity index (χ4n) is 7.32. The second kappa shape index (κ2) is 6.53. The lowest BCUT2D eigenvalue weighted by atomic mass is 9.48. The molecule has 150 valence electrons. The second-order valence-electron chi connectivity index (χ2n) is 10.3. The van der Waals surface area contributed by atoms with Crippen LogP contribution in [0, 0.1) is 28.6 Å². The SMILES string of the molecule is C[C@]12CC[C@H]3[C@@H](CC=C4C[C@@H](O)CC[C@@]43C)[C@@H]1C/C(=C\c1cccnc1)[C@@H]2O. The van der Waals surface area contributed by atoms with E-state index >= 15 is 0 Å². The highest BCUT2D eigenvalue weighted by Gasteiger charge is 2.59. The Balaban J connectivity index is 1.47.